The van der Waals surface area contributed by atoms with Crippen molar-refractivity contribution in [3.05, 3.63) is 65.7 Å². The zero-order valence-electron chi connectivity index (χ0n) is 16.2. The molecule has 2 atom stereocenters. The monoisotopic (exact) mass is 402 g/mol. The number of carbonyl (C=O) groups excluding carboxylic acids is 1. The number of likely N-dealkylation sites (tertiary alicyclic amines) is 1. The van der Waals surface area contributed by atoms with Crippen molar-refractivity contribution in [3.63, 3.8) is 0 Å². The van der Waals surface area contributed by atoms with Gasteiger partial charge in [-0.1, -0.05) is 48.6 Å². The van der Waals surface area contributed by atoms with Gasteiger partial charge >= 0.3 is 0 Å². The first-order valence-corrected chi connectivity index (χ1v) is 9.14. The zero-order chi connectivity index (χ0) is 19.2. The quantitative estimate of drug-likeness (QED) is 0.803. The summed E-state index contributed by atoms with van der Waals surface area (Å²) in [6.07, 6.45) is 3.94. The van der Waals surface area contributed by atoms with E-state index in [1.165, 1.54) is 5.56 Å². The molecule has 3 rings (SSSR count). The van der Waals surface area contributed by atoms with Crippen molar-refractivity contribution < 1.29 is 14.3 Å². The maximum Gasteiger partial charge on any atom is 0.260 e. The predicted molar refractivity (Wildman–Crippen MR) is 114 cm³/mol. The number of nitrogens with two attached hydrogens (primary N) is 1. The molecule has 0 spiro atoms. The number of allylic oxidation sites excluding steroid dienone is 1. The van der Waals surface area contributed by atoms with Gasteiger partial charge in [-0.2, -0.15) is 0 Å². The van der Waals surface area contributed by atoms with Crippen LogP contribution in [0.2, 0.25) is 0 Å². The van der Waals surface area contributed by atoms with Crippen molar-refractivity contribution in [2.24, 2.45) is 5.73 Å². The van der Waals surface area contributed by atoms with Crippen molar-refractivity contribution in [3.8, 4) is 11.5 Å². The lowest BCUT2D eigenvalue weighted by Gasteiger charge is -2.17. The van der Waals surface area contributed by atoms with Crippen LogP contribution in [-0.2, 0) is 4.79 Å². The molecule has 1 heterocycles. The highest BCUT2D eigenvalue weighted by Gasteiger charge is 2.33. The standard InChI is InChI=1S/C22H26N2O3.ClH/c1-3-7-16-10-11-20(21(12-16)26-2)27-15-22(25)24-13-18(19(23)14-24)17-8-5-4-6-9-17;/h3-12,18-19H,13-15,23H2,1-2H3;1H/b7-3+;/t18-,19+;/m0./s1. The molecule has 1 aliphatic rings. The average molecular weight is 403 g/mol. The highest BCUT2D eigenvalue weighted by Crippen LogP contribution is 2.29. The molecule has 1 fully saturated rings. The van der Waals surface area contributed by atoms with Crippen LogP contribution in [0.25, 0.3) is 6.08 Å². The molecule has 0 saturated carbocycles. The zero-order valence-corrected chi connectivity index (χ0v) is 17.0. The van der Waals surface area contributed by atoms with Crippen molar-refractivity contribution in [2.45, 2.75) is 18.9 Å². The molecule has 0 aromatic heterocycles. The van der Waals surface area contributed by atoms with Crippen LogP contribution >= 0.6 is 12.4 Å². The number of methoxy groups -OCH3 is 1. The lowest BCUT2D eigenvalue weighted by atomic mass is 9.95. The molecular weight excluding hydrogens is 376 g/mol. The van der Waals surface area contributed by atoms with Gasteiger partial charge < -0.3 is 20.1 Å². The van der Waals surface area contributed by atoms with Crippen molar-refractivity contribution >= 4 is 24.4 Å². The van der Waals surface area contributed by atoms with Gasteiger partial charge in [-0.25, -0.2) is 0 Å². The third kappa shape index (κ3) is 5.06. The largest absolute Gasteiger partial charge is 0.493 e. The Hall–Kier alpha value is -2.50. The molecule has 2 aromatic rings. The number of amides is 1. The summed E-state index contributed by atoms with van der Waals surface area (Å²) >= 11 is 0. The summed E-state index contributed by atoms with van der Waals surface area (Å²) < 4.78 is 11.1. The Morgan fingerprint density at radius 1 is 1.18 bits per heavy atom. The van der Waals surface area contributed by atoms with Gasteiger partial charge in [-0.15, -0.1) is 12.4 Å². The van der Waals surface area contributed by atoms with E-state index >= 15 is 0 Å². The highest BCUT2D eigenvalue weighted by molar-refractivity contribution is 5.85. The summed E-state index contributed by atoms with van der Waals surface area (Å²) in [7, 11) is 1.59. The molecular formula is C22H27ClN2O3. The molecule has 150 valence electrons. The van der Waals surface area contributed by atoms with Gasteiger partial charge in [-0.05, 0) is 30.2 Å². The average Bonchev–Trinajstić information content (AvgIpc) is 3.09. The second-order valence-electron chi connectivity index (χ2n) is 6.68. The summed E-state index contributed by atoms with van der Waals surface area (Å²) in [5.74, 6) is 1.26. The van der Waals surface area contributed by atoms with Crippen molar-refractivity contribution in [2.75, 3.05) is 26.8 Å². The summed E-state index contributed by atoms with van der Waals surface area (Å²) in [5, 5.41) is 0. The first-order chi connectivity index (χ1) is 13.1. The van der Waals surface area contributed by atoms with Crippen LogP contribution in [0.5, 0.6) is 11.5 Å². The Labute approximate surface area is 172 Å². The molecule has 2 N–H and O–H groups in total. The number of benzene rings is 2. The van der Waals surface area contributed by atoms with Crippen molar-refractivity contribution in [1.82, 2.24) is 4.90 Å². The lowest BCUT2D eigenvalue weighted by Crippen LogP contribution is -2.35. The Morgan fingerprint density at radius 3 is 2.61 bits per heavy atom. The Bertz CT molecular complexity index is 811. The van der Waals surface area contributed by atoms with Gasteiger partial charge in [0.2, 0.25) is 0 Å². The normalized spacial score (nSPS) is 18.8. The molecule has 6 heteroatoms. The SMILES string of the molecule is C/C=C/c1ccc(OCC(=O)N2C[C@@H](N)[C@H](c3ccccc3)C2)c(OC)c1.Cl. The number of rotatable bonds is 6. The molecule has 5 nitrogen and oxygen atoms in total. The number of nitrogens with zero attached hydrogens (tertiary/aromatic N) is 1. The highest BCUT2D eigenvalue weighted by atomic mass is 35.5. The summed E-state index contributed by atoms with van der Waals surface area (Å²) in [6.45, 7) is 3.08. The number of halogens is 1. The Kier molecular flexibility index (Phi) is 7.91. The van der Waals surface area contributed by atoms with E-state index in [0.717, 1.165) is 5.56 Å². The minimum absolute atomic E-state index is 0. The second kappa shape index (κ2) is 10.2. The first kappa shape index (κ1) is 21.8. The third-order valence-electron chi connectivity index (χ3n) is 4.84. The maximum absolute atomic E-state index is 12.6. The minimum atomic E-state index is -0.0662. The Morgan fingerprint density at radius 2 is 1.93 bits per heavy atom. The smallest absolute Gasteiger partial charge is 0.260 e. The van der Waals surface area contributed by atoms with Crippen LogP contribution in [0.3, 0.4) is 0 Å². The van der Waals surface area contributed by atoms with E-state index in [1.54, 1.807) is 12.0 Å². The van der Waals surface area contributed by atoms with Crippen LogP contribution in [0, 0.1) is 0 Å². The van der Waals surface area contributed by atoms with Gasteiger partial charge in [0, 0.05) is 25.0 Å². The molecule has 28 heavy (non-hydrogen) atoms. The number of hydrogen-bond donors (Lipinski definition) is 1. The van der Waals surface area contributed by atoms with E-state index in [0.29, 0.717) is 24.6 Å². The third-order valence-corrected chi connectivity index (χ3v) is 4.84. The first-order valence-electron chi connectivity index (χ1n) is 9.14. The van der Waals surface area contributed by atoms with E-state index in [9.17, 15) is 4.79 Å². The van der Waals surface area contributed by atoms with Crippen LogP contribution in [0.4, 0.5) is 0 Å². The van der Waals surface area contributed by atoms with Gasteiger partial charge in [0.05, 0.1) is 7.11 Å². The minimum Gasteiger partial charge on any atom is -0.493 e. The summed E-state index contributed by atoms with van der Waals surface area (Å²) in [5.41, 5.74) is 8.46. The van der Waals surface area contributed by atoms with Crippen LogP contribution in [0.1, 0.15) is 24.0 Å². The summed E-state index contributed by atoms with van der Waals surface area (Å²) in [4.78, 5) is 14.4. The molecule has 1 saturated heterocycles. The van der Waals surface area contributed by atoms with E-state index in [4.69, 9.17) is 15.2 Å². The predicted octanol–water partition coefficient (Wildman–Crippen LogP) is 3.48. The van der Waals surface area contributed by atoms with Gasteiger partial charge in [-0.3, -0.25) is 4.79 Å². The number of carbonyl (C=O) groups is 1. The molecule has 2 aromatic carbocycles. The number of hydrogen-bond acceptors (Lipinski definition) is 4. The topological polar surface area (TPSA) is 64.8 Å². The molecule has 0 unspecified atom stereocenters. The molecule has 0 bridgehead atoms. The fraction of sp³-hybridized carbons (Fsp3) is 0.318. The van der Waals surface area contributed by atoms with Crippen LogP contribution in [-0.4, -0.2) is 43.7 Å². The van der Waals surface area contributed by atoms with E-state index in [-0.39, 0.29) is 36.9 Å². The lowest BCUT2D eigenvalue weighted by molar-refractivity contribution is -0.132. The molecule has 1 amide bonds. The number of ether oxygens (including phenoxy) is 2. The molecule has 0 aliphatic carbocycles. The van der Waals surface area contributed by atoms with E-state index in [2.05, 4.69) is 12.1 Å². The molecule has 0 radical (unpaired) electrons. The fourth-order valence-electron chi connectivity index (χ4n) is 3.42. The van der Waals surface area contributed by atoms with Gasteiger partial charge in [0.25, 0.3) is 5.91 Å². The fourth-order valence-corrected chi connectivity index (χ4v) is 3.42. The second-order valence-corrected chi connectivity index (χ2v) is 6.68. The van der Waals surface area contributed by atoms with Crippen molar-refractivity contribution in [1.29, 1.82) is 0 Å². The summed E-state index contributed by atoms with van der Waals surface area (Å²) in [6, 6.07) is 15.7. The van der Waals surface area contributed by atoms with E-state index < -0.39 is 0 Å². The van der Waals surface area contributed by atoms with Crippen LogP contribution < -0.4 is 15.2 Å². The van der Waals surface area contributed by atoms with Gasteiger partial charge in [0.15, 0.2) is 18.1 Å². The van der Waals surface area contributed by atoms with Crippen LogP contribution in [0.15, 0.2) is 54.6 Å². The van der Waals surface area contributed by atoms with E-state index in [1.807, 2.05) is 55.5 Å². The molecule has 1 aliphatic heterocycles. The van der Waals surface area contributed by atoms with Gasteiger partial charge in [0.1, 0.15) is 0 Å². The maximum atomic E-state index is 12.6. The Balaban J connectivity index is 0.00000280.